The fraction of sp³-hybridized carbons (Fsp3) is 0.423. The lowest BCUT2D eigenvalue weighted by Crippen LogP contribution is -2.40. The molecule has 14 nitrogen and oxygen atoms in total. The molecule has 0 saturated carbocycles. The van der Waals surface area contributed by atoms with E-state index in [2.05, 4.69) is 15.4 Å². The highest BCUT2D eigenvalue weighted by molar-refractivity contribution is 7.17. The zero-order valence-corrected chi connectivity index (χ0v) is 24.4. The summed E-state index contributed by atoms with van der Waals surface area (Å²) in [7, 11) is 0. The molecule has 1 fully saturated rings. The number of likely N-dealkylation sites (tertiary alicyclic amines) is 1. The number of hydrogen-bond donors (Lipinski definition) is 1. The Morgan fingerprint density at radius 2 is 1.90 bits per heavy atom. The number of ether oxygens (including phenoxy) is 3. The average Bonchev–Trinajstić information content (AvgIpc) is 3.78. The quantitative estimate of drug-likeness (QED) is 0.135. The van der Waals surface area contributed by atoms with E-state index in [4.69, 9.17) is 19.2 Å². The summed E-state index contributed by atoms with van der Waals surface area (Å²) in [5.41, 5.74) is 0.547. The minimum absolute atomic E-state index is 0.0389. The van der Waals surface area contributed by atoms with E-state index in [0.717, 1.165) is 16.2 Å². The first-order valence-corrected chi connectivity index (χ1v) is 15.1. The molecule has 1 saturated heterocycles. The highest BCUT2D eigenvalue weighted by atomic mass is 32.1. The molecule has 0 aromatic carbocycles. The van der Waals surface area contributed by atoms with Gasteiger partial charge in [-0.2, -0.15) is 5.10 Å². The largest absolute Gasteiger partial charge is 0.447 e. The lowest BCUT2D eigenvalue weighted by Gasteiger charge is -2.31. The van der Waals surface area contributed by atoms with Gasteiger partial charge >= 0.3 is 11.1 Å². The number of carbonyl (C=O) groups is 2. The molecule has 0 unspecified atom stereocenters. The molecule has 5 heterocycles. The number of nitrogens with zero attached hydrogens (tertiary/aromatic N) is 6. The lowest BCUT2D eigenvalue weighted by atomic mass is 10.1. The van der Waals surface area contributed by atoms with Crippen LogP contribution in [-0.4, -0.2) is 87.7 Å². The van der Waals surface area contributed by atoms with Crippen molar-refractivity contribution in [2.75, 3.05) is 51.4 Å². The molecule has 5 rings (SSSR count). The summed E-state index contributed by atoms with van der Waals surface area (Å²) in [6, 6.07) is 6.44. The zero-order chi connectivity index (χ0) is 29.5. The molecule has 222 valence electrons. The molecule has 0 aliphatic carbocycles. The van der Waals surface area contributed by atoms with Crippen LogP contribution in [-0.2, 0) is 14.2 Å². The van der Waals surface area contributed by atoms with E-state index in [1.165, 1.54) is 23.5 Å². The van der Waals surface area contributed by atoms with Crippen molar-refractivity contribution in [1.29, 1.82) is 0 Å². The van der Waals surface area contributed by atoms with Crippen molar-refractivity contribution in [3.63, 3.8) is 0 Å². The normalized spacial score (nSPS) is 13.9. The highest BCUT2D eigenvalue weighted by Crippen LogP contribution is 2.32. The van der Waals surface area contributed by atoms with E-state index in [1.54, 1.807) is 11.1 Å². The van der Waals surface area contributed by atoms with E-state index in [9.17, 15) is 19.7 Å². The van der Waals surface area contributed by atoms with E-state index >= 15 is 0 Å². The summed E-state index contributed by atoms with van der Waals surface area (Å²) in [6.07, 6.45) is 2.49. The van der Waals surface area contributed by atoms with Crippen LogP contribution in [0.1, 0.15) is 35.5 Å². The van der Waals surface area contributed by atoms with E-state index < -0.39 is 10.8 Å². The van der Waals surface area contributed by atoms with Gasteiger partial charge in [0.05, 0.1) is 52.1 Å². The lowest BCUT2D eigenvalue weighted by molar-refractivity contribution is -0.380. The number of hydrogen-bond acceptors (Lipinski definition) is 12. The standard InChI is InChI=1S/C26H29N7O7S2/c1-2-38-11-12-39-13-14-40-26(35)31-9-7-17(8-10-31)32-24-18(16-27-32)22(28-23(29-24)19-4-3-15-41-19)30-25(34)20-5-6-21(42-20)33(36)37/h3-6,15-17H,2,7-14H2,1H3,(H,28,29,30,34). The van der Waals surface area contributed by atoms with Gasteiger partial charge in [-0.1, -0.05) is 17.4 Å². The van der Waals surface area contributed by atoms with E-state index in [-0.39, 0.29) is 34.4 Å². The summed E-state index contributed by atoms with van der Waals surface area (Å²) >= 11 is 2.25. The van der Waals surface area contributed by atoms with Crippen molar-refractivity contribution in [2.45, 2.75) is 25.8 Å². The van der Waals surface area contributed by atoms with Crippen LogP contribution in [0.3, 0.4) is 0 Å². The summed E-state index contributed by atoms with van der Waals surface area (Å²) in [5.74, 6) is 0.181. The van der Waals surface area contributed by atoms with Crippen molar-refractivity contribution in [1.82, 2.24) is 24.6 Å². The molecular formula is C26H29N7O7S2. The first-order chi connectivity index (χ1) is 20.4. The van der Waals surface area contributed by atoms with Crippen molar-refractivity contribution in [3.8, 4) is 10.7 Å². The number of thiophene rings is 2. The second-order valence-corrected chi connectivity index (χ2v) is 11.2. The number of nitrogens with one attached hydrogen (secondary N) is 1. The minimum Gasteiger partial charge on any atom is -0.447 e. The van der Waals surface area contributed by atoms with Crippen LogP contribution >= 0.6 is 22.7 Å². The van der Waals surface area contributed by atoms with Crippen LogP contribution in [0.25, 0.3) is 21.7 Å². The number of carbonyl (C=O) groups excluding carboxylic acids is 2. The van der Waals surface area contributed by atoms with Gasteiger partial charge in [0.15, 0.2) is 11.5 Å². The first kappa shape index (κ1) is 29.5. The maximum absolute atomic E-state index is 13.0. The molecule has 0 bridgehead atoms. The van der Waals surface area contributed by atoms with Gasteiger partial charge in [-0.05, 0) is 37.3 Å². The minimum atomic E-state index is -0.534. The average molecular weight is 616 g/mol. The van der Waals surface area contributed by atoms with Crippen LogP contribution in [0.2, 0.25) is 0 Å². The van der Waals surface area contributed by atoms with Gasteiger partial charge < -0.3 is 24.4 Å². The van der Waals surface area contributed by atoms with E-state index in [1.807, 2.05) is 29.1 Å². The van der Waals surface area contributed by atoms with Gasteiger partial charge in [-0.25, -0.2) is 19.4 Å². The molecular weight excluding hydrogens is 586 g/mol. The fourth-order valence-corrected chi connectivity index (χ4v) is 5.83. The third-order valence-electron chi connectivity index (χ3n) is 6.52. The Bertz CT molecular complexity index is 1530. The Labute approximate surface area is 248 Å². The van der Waals surface area contributed by atoms with E-state index in [0.29, 0.717) is 69.2 Å². The molecule has 2 amide bonds. The molecule has 42 heavy (non-hydrogen) atoms. The molecule has 1 aliphatic rings. The molecule has 0 radical (unpaired) electrons. The molecule has 1 N–H and O–H groups in total. The smallest absolute Gasteiger partial charge is 0.409 e. The Balaban J connectivity index is 1.28. The fourth-order valence-electron chi connectivity index (χ4n) is 4.46. The number of nitro groups is 1. The topological polar surface area (TPSA) is 164 Å². The van der Waals surface area contributed by atoms with Crippen molar-refractivity contribution < 1.29 is 28.7 Å². The Kier molecular flexibility index (Phi) is 9.68. The highest BCUT2D eigenvalue weighted by Gasteiger charge is 2.28. The predicted molar refractivity (Wildman–Crippen MR) is 156 cm³/mol. The summed E-state index contributed by atoms with van der Waals surface area (Å²) in [4.78, 5) is 48.1. The summed E-state index contributed by atoms with van der Waals surface area (Å²) < 4.78 is 17.8. The van der Waals surface area contributed by atoms with Crippen LogP contribution < -0.4 is 5.32 Å². The van der Waals surface area contributed by atoms with Gasteiger partial charge in [0.1, 0.15) is 12.4 Å². The third-order valence-corrected chi connectivity index (χ3v) is 8.42. The molecule has 0 spiro atoms. The number of anilines is 1. The predicted octanol–water partition coefficient (Wildman–Crippen LogP) is 4.60. The SMILES string of the molecule is CCOCCOCCOC(=O)N1CCC(n2ncc3c(NC(=O)c4ccc([N+](=O)[O-])s4)nc(-c4cccs4)nc32)CC1. The molecule has 4 aromatic heterocycles. The van der Waals surface area contributed by atoms with Gasteiger partial charge in [0, 0.05) is 25.8 Å². The van der Waals surface area contributed by atoms with Crippen LogP contribution in [0.4, 0.5) is 15.6 Å². The van der Waals surface area contributed by atoms with Crippen molar-refractivity contribution in [2.24, 2.45) is 0 Å². The van der Waals surface area contributed by atoms with Gasteiger partial charge in [0.25, 0.3) is 5.91 Å². The van der Waals surface area contributed by atoms with Gasteiger partial charge in [0.2, 0.25) is 0 Å². The third kappa shape index (κ3) is 6.89. The number of fused-ring (bicyclic) bond motifs is 1. The summed E-state index contributed by atoms with van der Waals surface area (Å²) in [5, 5.41) is 20.8. The van der Waals surface area contributed by atoms with Crippen LogP contribution in [0.5, 0.6) is 0 Å². The summed E-state index contributed by atoms with van der Waals surface area (Å²) in [6.45, 7) is 4.96. The Morgan fingerprint density at radius 3 is 2.62 bits per heavy atom. The number of amides is 2. The van der Waals surface area contributed by atoms with Crippen LogP contribution in [0.15, 0.2) is 35.8 Å². The first-order valence-electron chi connectivity index (χ1n) is 13.4. The number of aromatic nitrogens is 4. The van der Waals surface area contributed by atoms with Crippen molar-refractivity contribution in [3.05, 3.63) is 50.8 Å². The maximum Gasteiger partial charge on any atom is 0.409 e. The molecule has 1 aliphatic heterocycles. The van der Waals surface area contributed by atoms with Gasteiger partial charge in [-0.15, -0.1) is 11.3 Å². The monoisotopic (exact) mass is 615 g/mol. The number of rotatable bonds is 12. The van der Waals surface area contributed by atoms with Crippen LogP contribution in [0, 0.1) is 10.1 Å². The van der Waals surface area contributed by atoms with Gasteiger partial charge in [-0.3, -0.25) is 14.9 Å². The Morgan fingerprint density at radius 1 is 1.12 bits per heavy atom. The number of piperidine rings is 1. The molecule has 4 aromatic rings. The second-order valence-electron chi connectivity index (χ2n) is 9.19. The van der Waals surface area contributed by atoms with Crippen molar-refractivity contribution >= 4 is 56.5 Å². The second kappa shape index (κ2) is 13.8. The molecule has 16 heteroatoms. The maximum atomic E-state index is 13.0. The zero-order valence-electron chi connectivity index (χ0n) is 22.8. The molecule has 0 atom stereocenters. The Hall–Kier alpha value is -3.99.